The molecule has 10 heteroatoms. The molecular formula is C23H22F4N2O4. The van der Waals surface area contributed by atoms with Crippen molar-refractivity contribution >= 4 is 0 Å². The maximum atomic E-state index is 12.9. The van der Waals surface area contributed by atoms with Crippen LogP contribution in [-0.2, 0) is 12.0 Å². The minimum Gasteiger partial charge on any atom is -0.619 e. The molecule has 176 valence electrons. The van der Waals surface area contributed by atoms with Gasteiger partial charge in [0.1, 0.15) is 5.60 Å². The first-order valence-corrected chi connectivity index (χ1v) is 9.93. The average molecular weight is 466 g/mol. The third-order valence-corrected chi connectivity index (χ3v) is 4.93. The van der Waals surface area contributed by atoms with Crippen LogP contribution < -0.4 is 14.2 Å². The van der Waals surface area contributed by atoms with Crippen molar-refractivity contribution in [2.24, 2.45) is 0 Å². The molecule has 2 heterocycles. The Bertz CT molecular complexity index is 1060. The van der Waals surface area contributed by atoms with Gasteiger partial charge in [-0.25, -0.2) is 0 Å². The van der Waals surface area contributed by atoms with E-state index in [1.54, 1.807) is 44.3 Å². The van der Waals surface area contributed by atoms with Crippen LogP contribution in [0.5, 0.6) is 11.5 Å². The van der Waals surface area contributed by atoms with Crippen LogP contribution in [0.25, 0.3) is 0 Å². The lowest BCUT2D eigenvalue weighted by molar-refractivity contribution is -0.605. The van der Waals surface area contributed by atoms with E-state index >= 15 is 0 Å². The van der Waals surface area contributed by atoms with Gasteiger partial charge in [-0.3, -0.25) is 4.98 Å². The highest BCUT2D eigenvalue weighted by atomic mass is 19.3. The Hall–Kier alpha value is -3.40. The molecule has 0 unspecified atom stereocenters. The molecule has 1 atom stereocenters. The molecule has 1 N–H and O–H groups in total. The Morgan fingerprint density at radius 3 is 2.09 bits per heavy atom. The van der Waals surface area contributed by atoms with Gasteiger partial charge in [-0.2, -0.15) is 22.3 Å². The molecule has 2 aromatic heterocycles. The van der Waals surface area contributed by atoms with Crippen LogP contribution in [0.1, 0.15) is 42.1 Å². The quantitative estimate of drug-likeness (QED) is 0.285. The fourth-order valence-corrected chi connectivity index (χ4v) is 3.34. The largest absolute Gasteiger partial charge is 0.619 e. The Morgan fingerprint density at radius 2 is 1.55 bits per heavy atom. The highest BCUT2D eigenvalue weighted by Crippen LogP contribution is 2.37. The standard InChI is InChI=1S/C23H22F4N2O4/c1-23(2,30)20-6-4-16(13-28-20)17(11-14-7-9-29(31)10-8-14)15-3-5-18(32-21(24)25)19(12-15)33-22(26)27/h3-10,12-13,17,21-22,30H,11H2,1-2H3/t17-/m0/s1. The Labute approximate surface area is 187 Å². The molecule has 0 spiro atoms. The first-order valence-electron chi connectivity index (χ1n) is 9.93. The number of benzene rings is 1. The van der Waals surface area contributed by atoms with Gasteiger partial charge < -0.3 is 19.8 Å². The van der Waals surface area contributed by atoms with Crippen molar-refractivity contribution in [2.75, 3.05) is 0 Å². The van der Waals surface area contributed by atoms with Crippen molar-refractivity contribution in [1.82, 2.24) is 4.98 Å². The summed E-state index contributed by atoms with van der Waals surface area (Å²) in [6.45, 7) is -3.28. The van der Waals surface area contributed by atoms with Gasteiger partial charge in [-0.1, -0.05) is 12.1 Å². The van der Waals surface area contributed by atoms with Crippen LogP contribution in [-0.4, -0.2) is 23.3 Å². The van der Waals surface area contributed by atoms with Gasteiger partial charge in [-0.15, -0.1) is 0 Å². The zero-order valence-corrected chi connectivity index (χ0v) is 17.8. The van der Waals surface area contributed by atoms with Crippen molar-refractivity contribution in [3.63, 3.8) is 0 Å². The molecule has 33 heavy (non-hydrogen) atoms. The second-order valence-corrected chi connectivity index (χ2v) is 7.82. The smallest absolute Gasteiger partial charge is 0.387 e. The van der Waals surface area contributed by atoms with E-state index in [4.69, 9.17) is 0 Å². The molecule has 3 aromatic rings. The molecule has 0 aliphatic heterocycles. The van der Waals surface area contributed by atoms with E-state index in [2.05, 4.69) is 14.5 Å². The second kappa shape index (κ2) is 10.0. The molecule has 0 radical (unpaired) electrons. The van der Waals surface area contributed by atoms with Gasteiger partial charge in [-0.05, 0) is 55.2 Å². The zero-order chi connectivity index (χ0) is 24.2. The molecule has 0 bridgehead atoms. The van der Waals surface area contributed by atoms with E-state index in [0.717, 1.165) is 11.6 Å². The molecule has 0 amide bonds. The first kappa shape index (κ1) is 24.2. The highest BCUT2D eigenvalue weighted by Gasteiger charge is 2.23. The normalized spacial score (nSPS) is 12.8. The highest BCUT2D eigenvalue weighted by molar-refractivity contribution is 5.46. The summed E-state index contributed by atoms with van der Waals surface area (Å²) < 4.78 is 60.5. The van der Waals surface area contributed by atoms with Crippen LogP contribution in [0.2, 0.25) is 0 Å². The number of halogens is 4. The molecule has 0 aliphatic rings. The fraction of sp³-hybridized carbons (Fsp3) is 0.304. The van der Waals surface area contributed by atoms with E-state index < -0.39 is 36.2 Å². The Balaban J connectivity index is 2.05. The van der Waals surface area contributed by atoms with Gasteiger partial charge >= 0.3 is 13.2 Å². The third-order valence-electron chi connectivity index (χ3n) is 4.93. The minimum atomic E-state index is -3.24. The average Bonchev–Trinajstić information content (AvgIpc) is 2.73. The Kier molecular flexibility index (Phi) is 7.37. The van der Waals surface area contributed by atoms with Crippen LogP contribution in [0, 0.1) is 5.21 Å². The maximum Gasteiger partial charge on any atom is 0.387 e. The van der Waals surface area contributed by atoms with E-state index in [-0.39, 0.29) is 0 Å². The number of ether oxygens (including phenoxy) is 2. The van der Waals surface area contributed by atoms with Crippen molar-refractivity contribution in [1.29, 1.82) is 0 Å². The molecule has 0 saturated heterocycles. The zero-order valence-electron chi connectivity index (χ0n) is 17.8. The van der Waals surface area contributed by atoms with Crippen molar-refractivity contribution in [2.45, 2.75) is 45.0 Å². The summed E-state index contributed by atoms with van der Waals surface area (Å²) in [7, 11) is 0. The van der Waals surface area contributed by atoms with Gasteiger partial charge in [0.25, 0.3) is 0 Å². The third kappa shape index (κ3) is 6.55. The van der Waals surface area contributed by atoms with Gasteiger partial charge in [0.15, 0.2) is 23.9 Å². The fourth-order valence-electron chi connectivity index (χ4n) is 3.34. The van der Waals surface area contributed by atoms with Crippen LogP contribution >= 0.6 is 0 Å². The number of pyridine rings is 2. The number of aliphatic hydroxyl groups is 1. The summed E-state index contributed by atoms with van der Waals surface area (Å²) in [5, 5.41) is 21.5. The van der Waals surface area contributed by atoms with Gasteiger partial charge in [0.2, 0.25) is 0 Å². The van der Waals surface area contributed by atoms with Crippen molar-refractivity contribution in [3.05, 3.63) is 88.6 Å². The molecule has 0 fully saturated rings. The Morgan fingerprint density at radius 1 is 0.939 bits per heavy atom. The molecule has 3 rings (SSSR count). The van der Waals surface area contributed by atoms with Crippen molar-refractivity contribution in [3.8, 4) is 11.5 Å². The lowest BCUT2D eigenvalue weighted by atomic mass is 9.86. The summed E-state index contributed by atoms with van der Waals surface area (Å²) in [6, 6.07) is 10.4. The van der Waals surface area contributed by atoms with E-state index in [1.165, 1.54) is 24.5 Å². The summed E-state index contributed by atoms with van der Waals surface area (Å²) in [6.07, 6.45) is 4.54. The number of aromatic nitrogens is 2. The molecule has 6 nitrogen and oxygen atoms in total. The predicted molar refractivity (Wildman–Crippen MR) is 110 cm³/mol. The van der Waals surface area contributed by atoms with Crippen LogP contribution in [0.3, 0.4) is 0 Å². The summed E-state index contributed by atoms with van der Waals surface area (Å²) in [5.41, 5.74) is 1.18. The van der Waals surface area contributed by atoms with Gasteiger partial charge in [0.05, 0.1) is 5.69 Å². The SMILES string of the molecule is CC(C)(O)c1ccc([C@@H](Cc2cc[n+]([O-])cc2)c2ccc(OC(F)F)c(OC(F)F)c2)cn1. The van der Waals surface area contributed by atoms with E-state index in [0.29, 0.717) is 28.0 Å². The lowest BCUT2D eigenvalue weighted by Crippen LogP contribution is -2.24. The molecule has 0 aliphatic carbocycles. The number of rotatable bonds is 9. The molecule has 1 aromatic carbocycles. The summed E-state index contributed by atoms with van der Waals surface area (Å²) in [5.74, 6) is -1.51. The first-order chi connectivity index (χ1) is 15.5. The van der Waals surface area contributed by atoms with Crippen LogP contribution in [0.15, 0.2) is 61.1 Å². The number of nitrogens with zero attached hydrogens (tertiary/aromatic N) is 2. The van der Waals surface area contributed by atoms with E-state index in [9.17, 15) is 27.9 Å². The lowest BCUT2D eigenvalue weighted by Gasteiger charge is -2.22. The minimum absolute atomic E-state index is 0.341. The summed E-state index contributed by atoms with van der Waals surface area (Å²) in [4.78, 5) is 4.30. The number of hydrogen-bond donors (Lipinski definition) is 1. The molecular weight excluding hydrogens is 444 g/mol. The second-order valence-electron chi connectivity index (χ2n) is 7.82. The number of alkyl halides is 4. The van der Waals surface area contributed by atoms with Crippen LogP contribution in [0.4, 0.5) is 17.6 Å². The predicted octanol–water partition coefficient (Wildman–Crippen LogP) is 4.52. The van der Waals surface area contributed by atoms with Crippen molar-refractivity contribution < 1.29 is 36.9 Å². The topological polar surface area (TPSA) is 78.5 Å². The molecule has 0 saturated carbocycles. The summed E-state index contributed by atoms with van der Waals surface area (Å²) >= 11 is 0. The maximum absolute atomic E-state index is 12.9. The van der Waals surface area contributed by atoms with Gasteiger partial charge in [0, 0.05) is 24.2 Å². The van der Waals surface area contributed by atoms with E-state index in [1.807, 2.05) is 0 Å². The monoisotopic (exact) mass is 466 g/mol. The number of hydrogen-bond acceptors (Lipinski definition) is 5.